The Labute approximate surface area is 181 Å². The summed E-state index contributed by atoms with van der Waals surface area (Å²) in [6, 6.07) is 10.8. The predicted molar refractivity (Wildman–Crippen MR) is 117 cm³/mol. The third kappa shape index (κ3) is 5.83. The molecule has 2 amide bonds. The maximum absolute atomic E-state index is 13.0. The van der Waals surface area contributed by atoms with Gasteiger partial charge in [0.05, 0.1) is 13.2 Å². The molecule has 1 fully saturated rings. The summed E-state index contributed by atoms with van der Waals surface area (Å²) in [5.74, 6) is 0.0679. The lowest BCUT2D eigenvalue weighted by Crippen LogP contribution is -2.35. The minimum atomic E-state index is -0.209. The highest BCUT2D eigenvalue weighted by Gasteiger charge is 2.37. The van der Waals surface area contributed by atoms with Gasteiger partial charge in [0.2, 0.25) is 0 Å². The highest BCUT2D eigenvalue weighted by atomic mass is 35.5. The van der Waals surface area contributed by atoms with Crippen molar-refractivity contribution >= 4 is 29.3 Å². The fourth-order valence-electron chi connectivity index (χ4n) is 3.75. The molecule has 3 rings (SSSR count). The van der Waals surface area contributed by atoms with Gasteiger partial charge >= 0.3 is 12.0 Å². The number of ether oxygens (including phenoxy) is 1. The van der Waals surface area contributed by atoms with E-state index in [1.54, 1.807) is 30.5 Å². The summed E-state index contributed by atoms with van der Waals surface area (Å²) in [6.07, 6.45) is 10.4. The van der Waals surface area contributed by atoms with Crippen LogP contribution in [0.25, 0.3) is 0 Å². The second kappa shape index (κ2) is 10.8. The molecule has 1 saturated heterocycles. The van der Waals surface area contributed by atoms with Gasteiger partial charge < -0.3 is 15.0 Å². The standard InChI is InChI=1S/C23H26ClN3O3/c1-30-21(28)8-4-2-3-6-17-13-15-27(22(17)18-7-5-14-25-16-18)23(29)26-20-11-9-19(24)10-12-20/h2-3,5,7,9-12,14,16-17,22H,4,6,8,13,15H2,1H3,(H,26,29)/t17-,22+/m0/s1. The van der Waals surface area contributed by atoms with Gasteiger partial charge in [0, 0.05) is 36.1 Å². The van der Waals surface area contributed by atoms with Crippen molar-refractivity contribution < 1.29 is 14.3 Å². The van der Waals surface area contributed by atoms with Crippen LogP contribution in [0.15, 0.2) is 60.9 Å². The zero-order chi connectivity index (χ0) is 21.3. The number of methoxy groups -OCH3 is 1. The molecule has 158 valence electrons. The monoisotopic (exact) mass is 427 g/mol. The van der Waals surface area contributed by atoms with Crippen molar-refractivity contribution in [3.05, 3.63) is 71.5 Å². The maximum Gasteiger partial charge on any atom is 0.322 e. The molecule has 0 spiro atoms. The molecule has 2 atom stereocenters. The summed E-state index contributed by atoms with van der Waals surface area (Å²) in [4.78, 5) is 30.4. The number of rotatable bonds is 7. The lowest BCUT2D eigenvalue weighted by atomic mass is 9.91. The zero-order valence-corrected chi connectivity index (χ0v) is 17.7. The first kappa shape index (κ1) is 21.8. The number of hydrogen-bond donors (Lipinski definition) is 1. The lowest BCUT2D eigenvalue weighted by molar-refractivity contribution is -0.140. The average Bonchev–Trinajstić information content (AvgIpc) is 3.19. The van der Waals surface area contributed by atoms with Crippen molar-refractivity contribution in [3.63, 3.8) is 0 Å². The first-order chi connectivity index (χ1) is 14.6. The Morgan fingerprint density at radius 2 is 2.07 bits per heavy atom. The summed E-state index contributed by atoms with van der Waals surface area (Å²) in [5.41, 5.74) is 1.73. The van der Waals surface area contributed by atoms with Crippen molar-refractivity contribution in [2.45, 2.75) is 31.7 Å². The number of halogens is 1. The normalized spacial score (nSPS) is 18.5. The lowest BCUT2D eigenvalue weighted by Gasteiger charge is -2.28. The zero-order valence-electron chi connectivity index (χ0n) is 17.0. The Morgan fingerprint density at radius 3 is 2.77 bits per heavy atom. The number of esters is 1. The Balaban J connectivity index is 1.68. The molecule has 0 aliphatic carbocycles. The van der Waals surface area contributed by atoms with Crippen molar-refractivity contribution in [2.24, 2.45) is 5.92 Å². The fraction of sp³-hybridized carbons (Fsp3) is 0.348. The van der Waals surface area contributed by atoms with E-state index in [0.29, 0.717) is 30.1 Å². The second-order valence-corrected chi connectivity index (χ2v) is 7.67. The molecule has 1 N–H and O–H groups in total. The summed E-state index contributed by atoms with van der Waals surface area (Å²) in [7, 11) is 1.40. The largest absolute Gasteiger partial charge is 0.469 e. The number of nitrogens with zero attached hydrogens (tertiary/aromatic N) is 2. The number of pyridine rings is 1. The fourth-order valence-corrected chi connectivity index (χ4v) is 3.88. The number of urea groups is 1. The number of anilines is 1. The van der Waals surface area contributed by atoms with Crippen LogP contribution in [0.5, 0.6) is 0 Å². The molecule has 0 unspecified atom stereocenters. The van der Waals surface area contributed by atoms with E-state index in [-0.39, 0.29) is 24.0 Å². The summed E-state index contributed by atoms with van der Waals surface area (Å²) in [6.45, 7) is 0.666. The molecule has 7 heteroatoms. The highest BCUT2D eigenvalue weighted by molar-refractivity contribution is 6.30. The predicted octanol–water partition coefficient (Wildman–Crippen LogP) is 5.23. The first-order valence-electron chi connectivity index (χ1n) is 10.0. The van der Waals surface area contributed by atoms with Gasteiger partial charge in [-0.2, -0.15) is 0 Å². The van der Waals surface area contributed by atoms with Gasteiger partial charge in [0.15, 0.2) is 0 Å². The van der Waals surface area contributed by atoms with Crippen LogP contribution < -0.4 is 5.32 Å². The Kier molecular flexibility index (Phi) is 7.85. The number of carbonyl (C=O) groups is 2. The van der Waals surface area contributed by atoms with Crippen LogP contribution in [0.1, 0.15) is 37.3 Å². The third-order valence-electron chi connectivity index (χ3n) is 5.25. The number of nitrogens with one attached hydrogen (secondary N) is 1. The smallest absolute Gasteiger partial charge is 0.322 e. The van der Waals surface area contributed by atoms with Gasteiger partial charge in [-0.05, 0) is 61.1 Å². The van der Waals surface area contributed by atoms with E-state index in [1.807, 2.05) is 29.3 Å². The SMILES string of the molecule is COC(=O)CCC=CC[C@H]1CCN(C(=O)Nc2ccc(Cl)cc2)[C@H]1c1cccnc1. The van der Waals surface area contributed by atoms with E-state index in [2.05, 4.69) is 21.1 Å². The van der Waals surface area contributed by atoms with E-state index in [1.165, 1.54) is 7.11 Å². The molecular formula is C23H26ClN3O3. The summed E-state index contributed by atoms with van der Waals surface area (Å²) in [5, 5.41) is 3.59. The number of hydrogen-bond acceptors (Lipinski definition) is 4. The topological polar surface area (TPSA) is 71.5 Å². The molecule has 6 nitrogen and oxygen atoms in total. The highest BCUT2D eigenvalue weighted by Crippen LogP contribution is 2.39. The molecule has 0 radical (unpaired) electrons. The van der Waals surface area contributed by atoms with E-state index >= 15 is 0 Å². The van der Waals surface area contributed by atoms with Crippen LogP contribution >= 0.6 is 11.6 Å². The van der Waals surface area contributed by atoms with Crippen LogP contribution in [0.4, 0.5) is 10.5 Å². The number of amides is 2. The molecule has 1 aliphatic heterocycles. The number of benzene rings is 1. The maximum atomic E-state index is 13.0. The number of allylic oxidation sites excluding steroid dienone is 2. The van der Waals surface area contributed by atoms with Gasteiger partial charge in [0.1, 0.15) is 0 Å². The Hall–Kier alpha value is -2.86. The number of likely N-dealkylation sites (tertiary alicyclic amines) is 1. The van der Waals surface area contributed by atoms with E-state index in [9.17, 15) is 9.59 Å². The van der Waals surface area contributed by atoms with Crippen LogP contribution in [0, 0.1) is 5.92 Å². The van der Waals surface area contributed by atoms with Crippen LogP contribution in [-0.2, 0) is 9.53 Å². The molecular weight excluding hydrogens is 402 g/mol. The molecule has 0 saturated carbocycles. The minimum absolute atomic E-state index is 0.0590. The van der Waals surface area contributed by atoms with Gasteiger partial charge in [-0.3, -0.25) is 9.78 Å². The molecule has 1 aliphatic rings. The van der Waals surface area contributed by atoms with Crippen molar-refractivity contribution in [2.75, 3.05) is 19.0 Å². The molecule has 1 aromatic heterocycles. The quantitative estimate of drug-likeness (QED) is 0.485. The molecule has 0 bridgehead atoms. The number of carbonyl (C=O) groups excluding carboxylic acids is 2. The summed E-state index contributed by atoms with van der Waals surface area (Å²) < 4.78 is 4.66. The van der Waals surface area contributed by atoms with Gasteiger partial charge in [-0.15, -0.1) is 0 Å². The van der Waals surface area contributed by atoms with E-state index in [0.717, 1.165) is 18.4 Å². The minimum Gasteiger partial charge on any atom is -0.469 e. The number of aromatic nitrogens is 1. The first-order valence-corrected chi connectivity index (χ1v) is 10.4. The van der Waals surface area contributed by atoms with Crippen molar-refractivity contribution in [1.82, 2.24) is 9.88 Å². The van der Waals surface area contributed by atoms with Crippen LogP contribution in [0.3, 0.4) is 0 Å². The van der Waals surface area contributed by atoms with Crippen molar-refractivity contribution in [1.29, 1.82) is 0 Å². The molecule has 2 heterocycles. The molecule has 1 aromatic carbocycles. The summed E-state index contributed by atoms with van der Waals surface area (Å²) >= 11 is 5.93. The van der Waals surface area contributed by atoms with E-state index < -0.39 is 0 Å². The Morgan fingerprint density at radius 1 is 1.27 bits per heavy atom. The van der Waals surface area contributed by atoms with Gasteiger partial charge in [0.25, 0.3) is 0 Å². The van der Waals surface area contributed by atoms with Gasteiger partial charge in [-0.25, -0.2) is 4.79 Å². The molecule has 30 heavy (non-hydrogen) atoms. The van der Waals surface area contributed by atoms with Crippen LogP contribution in [-0.4, -0.2) is 35.5 Å². The van der Waals surface area contributed by atoms with Crippen molar-refractivity contribution in [3.8, 4) is 0 Å². The average molecular weight is 428 g/mol. The molecule has 2 aromatic rings. The Bertz CT molecular complexity index is 871. The van der Waals surface area contributed by atoms with Crippen LogP contribution in [0.2, 0.25) is 5.02 Å². The second-order valence-electron chi connectivity index (χ2n) is 7.23. The van der Waals surface area contributed by atoms with E-state index in [4.69, 9.17) is 11.6 Å². The van der Waals surface area contributed by atoms with Gasteiger partial charge in [-0.1, -0.05) is 29.8 Å². The third-order valence-corrected chi connectivity index (χ3v) is 5.51.